The molecule has 5 heteroatoms. The summed E-state index contributed by atoms with van der Waals surface area (Å²) in [7, 11) is 0. The average Bonchev–Trinajstić information content (AvgIpc) is 1.90. The molecule has 1 aromatic rings. The summed E-state index contributed by atoms with van der Waals surface area (Å²) in [5, 5.41) is 8.38. The number of benzene rings is 1. The molecule has 0 unspecified atom stereocenters. The number of carbonyl (C=O) groups is 1. The van der Waals surface area contributed by atoms with Gasteiger partial charge in [0, 0.05) is 0 Å². The average molecular weight is 257 g/mol. The third kappa shape index (κ3) is 5.44. The fourth-order valence-electron chi connectivity index (χ4n) is 0.581. The molecular weight excluding hydrogens is 251 g/mol. The van der Waals surface area contributed by atoms with Crippen LogP contribution in [0.15, 0.2) is 30.3 Å². The first-order valence-electron chi connectivity index (χ1n) is 2.59. The first-order valence-corrected chi connectivity index (χ1v) is 2.59. The van der Waals surface area contributed by atoms with E-state index in [-0.39, 0.29) is 41.9 Å². The molecular formula is C7H6Cl2CuO2. The van der Waals surface area contributed by atoms with E-state index in [0.29, 0.717) is 5.56 Å². The SMILES string of the molecule is O=C(O)c1ccccc1.[Cl-].[Cl-].[Cu+2]. The predicted octanol–water partition coefficient (Wildman–Crippen LogP) is -4.61. The standard InChI is InChI=1S/C7H6O2.2ClH.Cu/c8-7(9)6-4-2-1-3-5-6;;;/h1-5H,(H,8,9);2*1H;/q;;;+2/p-2. The van der Waals surface area contributed by atoms with Crippen molar-refractivity contribution in [3.63, 3.8) is 0 Å². The van der Waals surface area contributed by atoms with Gasteiger partial charge in [-0.25, -0.2) is 4.79 Å². The molecule has 1 rings (SSSR count). The Morgan fingerprint density at radius 1 is 1.08 bits per heavy atom. The third-order valence-electron chi connectivity index (χ3n) is 1.02. The molecule has 0 spiro atoms. The van der Waals surface area contributed by atoms with Crippen LogP contribution in [-0.4, -0.2) is 11.1 Å². The third-order valence-corrected chi connectivity index (χ3v) is 1.02. The molecule has 12 heavy (non-hydrogen) atoms. The van der Waals surface area contributed by atoms with E-state index < -0.39 is 5.97 Å². The number of carboxylic acids is 1. The zero-order chi connectivity index (χ0) is 6.69. The van der Waals surface area contributed by atoms with Crippen LogP contribution in [0.2, 0.25) is 0 Å². The second-order valence-electron chi connectivity index (χ2n) is 1.67. The Balaban J connectivity index is -0.000000270. The maximum atomic E-state index is 10.2. The molecule has 0 aliphatic heterocycles. The van der Waals surface area contributed by atoms with E-state index in [1.807, 2.05) is 0 Å². The smallest absolute Gasteiger partial charge is 1.00 e. The minimum absolute atomic E-state index is 0. The molecule has 0 aromatic heterocycles. The van der Waals surface area contributed by atoms with Crippen LogP contribution in [0, 0.1) is 0 Å². The summed E-state index contributed by atoms with van der Waals surface area (Å²) in [6.07, 6.45) is 0. The van der Waals surface area contributed by atoms with Gasteiger partial charge >= 0.3 is 23.0 Å². The zero-order valence-electron chi connectivity index (χ0n) is 5.80. The summed E-state index contributed by atoms with van der Waals surface area (Å²) in [5.74, 6) is -0.879. The second-order valence-corrected chi connectivity index (χ2v) is 1.67. The van der Waals surface area contributed by atoms with Gasteiger partial charge in [-0.1, -0.05) is 18.2 Å². The monoisotopic (exact) mass is 255 g/mol. The first kappa shape index (κ1) is 17.8. The van der Waals surface area contributed by atoms with Crippen LogP contribution in [-0.2, 0) is 17.1 Å². The van der Waals surface area contributed by atoms with Gasteiger partial charge in [0.1, 0.15) is 0 Å². The fraction of sp³-hybridized carbons (Fsp3) is 0. The Bertz CT molecular complexity index is 216. The van der Waals surface area contributed by atoms with E-state index in [1.165, 1.54) is 0 Å². The van der Waals surface area contributed by atoms with Crippen LogP contribution in [0.25, 0.3) is 0 Å². The molecule has 2 nitrogen and oxygen atoms in total. The van der Waals surface area contributed by atoms with Gasteiger partial charge in [-0.2, -0.15) is 0 Å². The molecule has 1 N–H and O–H groups in total. The number of carboxylic acid groups (broad SMARTS) is 1. The molecule has 0 heterocycles. The fourth-order valence-corrected chi connectivity index (χ4v) is 0.581. The Morgan fingerprint density at radius 3 is 1.75 bits per heavy atom. The van der Waals surface area contributed by atoms with E-state index in [2.05, 4.69) is 0 Å². The Kier molecular flexibility index (Phi) is 13.1. The van der Waals surface area contributed by atoms with Crippen LogP contribution in [0.3, 0.4) is 0 Å². The molecule has 0 aliphatic carbocycles. The quantitative estimate of drug-likeness (QED) is 0.514. The summed E-state index contributed by atoms with van der Waals surface area (Å²) in [6, 6.07) is 8.30. The molecule has 1 aromatic carbocycles. The van der Waals surface area contributed by atoms with Gasteiger partial charge in [-0.05, 0) is 12.1 Å². The summed E-state index contributed by atoms with van der Waals surface area (Å²) >= 11 is 0. The largest absolute Gasteiger partial charge is 2.00 e. The van der Waals surface area contributed by atoms with Crippen molar-refractivity contribution < 1.29 is 51.8 Å². The predicted molar refractivity (Wildman–Crippen MR) is 33.4 cm³/mol. The number of halogens is 2. The van der Waals surface area contributed by atoms with Crippen molar-refractivity contribution in [2.45, 2.75) is 0 Å². The molecule has 0 saturated heterocycles. The van der Waals surface area contributed by atoms with Gasteiger partial charge < -0.3 is 29.9 Å². The van der Waals surface area contributed by atoms with Gasteiger partial charge in [0.05, 0.1) is 5.56 Å². The van der Waals surface area contributed by atoms with Crippen LogP contribution in [0.1, 0.15) is 10.4 Å². The van der Waals surface area contributed by atoms with E-state index in [4.69, 9.17) is 5.11 Å². The first-order chi connectivity index (χ1) is 4.30. The normalized spacial score (nSPS) is 6.67. The Hall–Kier alpha value is -0.211. The molecule has 71 valence electrons. The van der Waals surface area contributed by atoms with Crippen LogP contribution < -0.4 is 24.8 Å². The number of hydrogen-bond donors (Lipinski definition) is 1. The van der Waals surface area contributed by atoms with Gasteiger partial charge in [0.15, 0.2) is 0 Å². The Labute approximate surface area is 93.7 Å². The minimum Gasteiger partial charge on any atom is -1.00 e. The van der Waals surface area contributed by atoms with Crippen molar-refractivity contribution in [1.82, 2.24) is 0 Å². The van der Waals surface area contributed by atoms with Crippen molar-refractivity contribution in [3.8, 4) is 0 Å². The van der Waals surface area contributed by atoms with Gasteiger partial charge in [-0.15, -0.1) is 0 Å². The summed E-state index contributed by atoms with van der Waals surface area (Å²) in [5.41, 5.74) is 0.331. The summed E-state index contributed by atoms with van der Waals surface area (Å²) < 4.78 is 0. The maximum Gasteiger partial charge on any atom is 2.00 e. The zero-order valence-corrected chi connectivity index (χ0v) is 8.25. The maximum absolute atomic E-state index is 10.2. The molecule has 1 radical (unpaired) electrons. The molecule has 0 atom stereocenters. The number of hydrogen-bond acceptors (Lipinski definition) is 1. The van der Waals surface area contributed by atoms with Gasteiger partial charge in [0.25, 0.3) is 0 Å². The minimum atomic E-state index is -0.879. The van der Waals surface area contributed by atoms with Gasteiger partial charge in [-0.3, -0.25) is 0 Å². The van der Waals surface area contributed by atoms with Crippen molar-refractivity contribution in [1.29, 1.82) is 0 Å². The van der Waals surface area contributed by atoms with Crippen molar-refractivity contribution >= 4 is 5.97 Å². The van der Waals surface area contributed by atoms with Crippen molar-refractivity contribution in [2.24, 2.45) is 0 Å². The topological polar surface area (TPSA) is 37.3 Å². The summed E-state index contributed by atoms with van der Waals surface area (Å²) in [4.78, 5) is 10.2. The molecule has 0 saturated carbocycles. The summed E-state index contributed by atoms with van der Waals surface area (Å²) in [6.45, 7) is 0. The molecule has 0 aliphatic rings. The van der Waals surface area contributed by atoms with E-state index in [1.54, 1.807) is 30.3 Å². The second kappa shape index (κ2) is 8.88. The Morgan fingerprint density at radius 2 is 1.50 bits per heavy atom. The van der Waals surface area contributed by atoms with E-state index >= 15 is 0 Å². The van der Waals surface area contributed by atoms with Gasteiger partial charge in [0.2, 0.25) is 0 Å². The number of aromatic carboxylic acids is 1. The molecule has 0 amide bonds. The molecule has 0 fully saturated rings. The van der Waals surface area contributed by atoms with Crippen LogP contribution in [0.5, 0.6) is 0 Å². The van der Waals surface area contributed by atoms with E-state index in [9.17, 15) is 4.79 Å². The van der Waals surface area contributed by atoms with Crippen LogP contribution >= 0.6 is 0 Å². The van der Waals surface area contributed by atoms with Crippen molar-refractivity contribution in [3.05, 3.63) is 35.9 Å². The molecule has 0 bridgehead atoms. The van der Waals surface area contributed by atoms with Crippen LogP contribution in [0.4, 0.5) is 0 Å². The van der Waals surface area contributed by atoms with E-state index in [0.717, 1.165) is 0 Å². The number of rotatable bonds is 1. The van der Waals surface area contributed by atoms with Crippen molar-refractivity contribution in [2.75, 3.05) is 0 Å².